The minimum atomic E-state index is -0.381. The average molecular weight is 332 g/mol. The van der Waals surface area contributed by atoms with Gasteiger partial charge in [-0.2, -0.15) is 5.26 Å². The molecule has 2 aromatic rings. The van der Waals surface area contributed by atoms with Crippen LogP contribution in [0.4, 0.5) is 4.39 Å². The van der Waals surface area contributed by atoms with E-state index in [1.807, 2.05) is 6.07 Å². The van der Waals surface area contributed by atoms with Gasteiger partial charge in [-0.25, -0.2) is 9.37 Å². The Hall–Kier alpha value is -2.16. The quantitative estimate of drug-likeness (QED) is 0.845. The van der Waals surface area contributed by atoms with Crippen LogP contribution in [-0.4, -0.2) is 23.0 Å². The molecule has 0 bridgehead atoms. The van der Waals surface area contributed by atoms with E-state index >= 15 is 0 Å². The number of nitriles is 1. The highest BCUT2D eigenvalue weighted by Crippen LogP contribution is 2.30. The summed E-state index contributed by atoms with van der Waals surface area (Å²) in [5, 5.41) is 9.08. The van der Waals surface area contributed by atoms with Gasteiger partial charge in [-0.1, -0.05) is 11.6 Å². The first-order chi connectivity index (χ1) is 11.2. The fraction of sp³-hybridized carbons (Fsp3) is 0.294. The van der Waals surface area contributed by atoms with Crippen LogP contribution in [0.5, 0.6) is 11.6 Å². The van der Waals surface area contributed by atoms with Crippen molar-refractivity contribution in [2.75, 3.05) is 13.1 Å². The van der Waals surface area contributed by atoms with Gasteiger partial charge in [0.15, 0.2) is 0 Å². The Bertz CT molecular complexity index is 713. The fourth-order valence-corrected chi connectivity index (χ4v) is 2.84. The zero-order valence-electron chi connectivity index (χ0n) is 12.4. The van der Waals surface area contributed by atoms with Crippen LogP contribution in [0.3, 0.4) is 0 Å². The molecular weight excluding hydrogens is 317 g/mol. The summed E-state index contributed by atoms with van der Waals surface area (Å²) in [6.45, 7) is 2.46. The summed E-state index contributed by atoms with van der Waals surface area (Å²) in [5.41, 5.74) is 0.927. The van der Waals surface area contributed by atoms with E-state index < -0.39 is 0 Å². The van der Waals surface area contributed by atoms with Crippen LogP contribution in [0.2, 0.25) is 5.02 Å². The fourth-order valence-electron chi connectivity index (χ4n) is 2.58. The van der Waals surface area contributed by atoms with E-state index in [1.54, 1.807) is 18.2 Å². The normalized spacial score (nSPS) is 14.7. The predicted octanol–water partition coefficient (Wildman–Crippen LogP) is 4.13. The Kier molecular flexibility index (Phi) is 4.75. The molecule has 0 saturated carbocycles. The highest BCUT2D eigenvalue weighted by molar-refractivity contribution is 6.31. The SMILES string of the molecule is N#Cc1ccc(Oc2cc(F)c(CN3CCCC3)c(Cl)c2)nc1. The lowest BCUT2D eigenvalue weighted by Gasteiger charge is -2.17. The average Bonchev–Trinajstić information content (AvgIpc) is 3.05. The standard InChI is InChI=1S/C17H15ClFN3O/c18-15-7-13(23-17-4-3-12(9-20)10-21-17)8-16(19)14(15)11-22-5-1-2-6-22/h3-4,7-8,10H,1-2,5-6,11H2. The number of halogens is 2. The van der Waals surface area contributed by atoms with Gasteiger partial charge in [-0.15, -0.1) is 0 Å². The Morgan fingerprint density at radius 1 is 1.30 bits per heavy atom. The molecule has 3 rings (SSSR count). The third-order valence-corrected chi connectivity index (χ3v) is 4.12. The predicted molar refractivity (Wildman–Crippen MR) is 84.9 cm³/mol. The van der Waals surface area contributed by atoms with Gasteiger partial charge in [0, 0.05) is 36.5 Å². The summed E-state index contributed by atoms with van der Waals surface area (Å²) in [4.78, 5) is 6.18. The number of rotatable bonds is 4. The lowest BCUT2D eigenvalue weighted by atomic mass is 10.2. The summed E-state index contributed by atoms with van der Waals surface area (Å²) >= 11 is 6.22. The maximum absolute atomic E-state index is 14.3. The van der Waals surface area contributed by atoms with E-state index in [9.17, 15) is 4.39 Å². The number of hydrogen-bond acceptors (Lipinski definition) is 4. The molecule has 0 N–H and O–H groups in total. The number of nitrogens with zero attached hydrogens (tertiary/aromatic N) is 3. The molecule has 23 heavy (non-hydrogen) atoms. The van der Waals surface area contributed by atoms with Crippen LogP contribution in [0, 0.1) is 17.1 Å². The van der Waals surface area contributed by atoms with Crippen molar-refractivity contribution in [3.8, 4) is 17.7 Å². The smallest absolute Gasteiger partial charge is 0.219 e. The van der Waals surface area contributed by atoms with Crippen molar-refractivity contribution in [1.82, 2.24) is 9.88 Å². The first-order valence-electron chi connectivity index (χ1n) is 7.40. The Labute approximate surface area is 139 Å². The minimum absolute atomic E-state index is 0.284. The molecule has 1 fully saturated rings. The van der Waals surface area contributed by atoms with Crippen LogP contribution >= 0.6 is 11.6 Å². The van der Waals surface area contributed by atoms with Crippen LogP contribution in [0.1, 0.15) is 24.0 Å². The molecule has 2 heterocycles. The lowest BCUT2D eigenvalue weighted by Crippen LogP contribution is -2.19. The van der Waals surface area contributed by atoms with Gasteiger partial charge in [-0.3, -0.25) is 4.90 Å². The van der Waals surface area contributed by atoms with E-state index in [0.29, 0.717) is 22.7 Å². The molecule has 0 amide bonds. The highest BCUT2D eigenvalue weighted by atomic mass is 35.5. The van der Waals surface area contributed by atoms with E-state index in [1.165, 1.54) is 12.3 Å². The Morgan fingerprint density at radius 2 is 2.09 bits per heavy atom. The van der Waals surface area contributed by atoms with Crippen molar-refractivity contribution in [2.45, 2.75) is 19.4 Å². The number of hydrogen-bond donors (Lipinski definition) is 0. The third kappa shape index (κ3) is 3.79. The molecule has 6 heteroatoms. The van der Waals surface area contributed by atoms with Crippen LogP contribution < -0.4 is 4.74 Å². The summed E-state index contributed by atoms with van der Waals surface area (Å²) in [6, 6.07) is 8.03. The summed E-state index contributed by atoms with van der Waals surface area (Å²) in [7, 11) is 0. The molecule has 118 valence electrons. The van der Waals surface area contributed by atoms with Crippen LogP contribution in [-0.2, 0) is 6.54 Å². The van der Waals surface area contributed by atoms with E-state index in [4.69, 9.17) is 21.6 Å². The highest BCUT2D eigenvalue weighted by Gasteiger charge is 2.17. The third-order valence-electron chi connectivity index (χ3n) is 3.78. The van der Waals surface area contributed by atoms with Gasteiger partial charge in [0.1, 0.15) is 17.6 Å². The van der Waals surface area contributed by atoms with Crippen molar-refractivity contribution < 1.29 is 9.13 Å². The maximum atomic E-state index is 14.3. The molecule has 0 radical (unpaired) electrons. The second-order valence-corrected chi connectivity index (χ2v) is 5.85. The number of benzene rings is 1. The van der Waals surface area contributed by atoms with Gasteiger partial charge in [0.25, 0.3) is 0 Å². The second-order valence-electron chi connectivity index (χ2n) is 5.45. The molecule has 1 aliphatic rings. The van der Waals surface area contributed by atoms with Crippen LogP contribution in [0.25, 0.3) is 0 Å². The summed E-state index contributed by atoms with van der Waals surface area (Å²) in [6.07, 6.45) is 3.69. The van der Waals surface area contributed by atoms with Gasteiger partial charge in [0.05, 0.1) is 10.6 Å². The number of aromatic nitrogens is 1. The minimum Gasteiger partial charge on any atom is -0.439 e. The van der Waals surface area contributed by atoms with Crippen molar-refractivity contribution >= 4 is 11.6 Å². The topological polar surface area (TPSA) is 49.1 Å². The zero-order valence-corrected chi connectivity index (χ0v) is 13.2. The molecule has 0 spiro atoms. The number of ether oxygens (including phenoxy) is 1. The van der Waals surface area contributed by atoms with Crippen molar-refractivity contribution in [3.05, 3.63) is 52.4 Å². The summed E-state index contributed by atoms with van der Waals surface area (Å²) in [5.74, 6) is 0.190. The number of pyridine rings is 1. The van der Waals surface area contributed by atoms with Crippen molar-refractivity contribution in [2.24, 2.45) is 0 Å². The monoisotopic (exact) mass is 331 g/mol. The molecule has 1 aromatic carbocycles. The number of likely N-dealkylation sites (tertiary alicyclic amines) is 1. The molecule has 0 atom stereocenters. The van der Waals surface area contributed by atoms with Crippen molar-refractivity contribution in [1.29, 1.82) is 5.26 Å². The van der Waals surface area contributed by atoms with Gasteiger partial charge >= 0.3 is 0 Å². The van der Waals surface area contributed by atoms with Gasteiger partial charge < -0.3 is 4.74 Å². The largest absolute Gasteiger partial charge is 0.439 e. The van der Waals surface area contributed by atoms with Gasteiger partial charge in [0.2, 0.25) is 5.88 Å². The molecule has 4 nitrogen and oxygen atoms in total. The van der Waals surface area contributed by atoms with Gasteiger partial charge in [-0.05, 0) is 32.0 Å². The van der Waals surface area contributed by atoms with E-state index in [0.717, 1.165) is 25.9 Å². The molecule has 0 unspecified atom stereocenters. The first-order valence-corrected chi connectivity index (χ1v) is 7.78. The Balaban J connectivity index is 1.76. The maximum Gasteiger partial charge on any atom is 0.219 e. The molecule has 1 saturated heterocycles. The lowest BCUT2D eigenvalue weighted by molar-refractivity contribution is 0.325. The molecule has 1 aromatic heterocycles. The van der Waals surface area contributed by atoms with Crippen LogP contribution in [0.15, 0.2) is 30.5 Å². The summed E-state index contributed by atoms with van der Waals surface area (Å²) < 4.78 is 19.8. The van der Waals surface area contributed by atoms with E-state index in [2.05, 4.69) is 9.88 Å². The zero-order chi connectivity index (χ0) is 16.2. The van der Waals surface area contributed by atoms with E-state index in [-0.39, 0.29) is 17.4 Å². The Morgan fingerprint density at radius 3 is 2.70 bits per heavy atom. The second kappa shape index (κ2) is 6.95. The molecule has 1 aliphatic heterocycles. The molecular formula is C17H15ClFN3O. The molecule has 0 aliphatic carbocycles. The van der Waals surface area contributed by atoms with Crippen molar-refractivity contribution in [3.63, 3.8) is 0 Å². The first kappa shape index (κ1) is 15.7.